The van der Waals surface area contributed by atoms with E-state index in [4.69, 9.17) is 10.5 Å². The van der Waals surface area contributed by atoms with Crippen LogP contribution in [0.4, 0.5) is 0 Å². The van der Waals surface area contributed by atoms with Crippen molar-refractivity contribution in [3.05, 3.63) is 94.8 Å². The standard InChI is InChI=1S/C26H22N4O4/c27-24(32)20-4-1-3-19-22(31)21(34-23(19)20)15-16-5-7-18(8-6-16)26(33)30-13-9-17(10-14-30)25-28-11-2-12-29-25/h1-8,11-12,15,17H,9-10,13-14H2,(H2,27,32)/b21-15-. The molecule has 0 saturated carbocycles. The van der Waals surface area contributed by atoms with E-state index in [2.05, 4.69) is 9.97 Å². The number of Topliss-reactive ketones (excluding diaryl/α,β-unsaturated/α-hetero) is 1. The molecule has 0 radical (unpaired) electrons. The number of carbonyl (C=O) groups is 3. The van der Waals surface area contributed by atoms with Crippen molar-refractivity contribution in [2.24, 2.45) is 5.73 Å². The first kappa shape index (κ1) is 21.5. The smallest absolute Gasteiger partial charge is 0.253 e. The van der Waals surface area contributed by atoms with Gasteiger partial charge in [-0.2, -0.15) is 0 Å². The monoisotopic (exact) mass is 454 g/mol. The molecule has 3 aromatic rings. The molecule has 170 valence electrons. The van der Waals surface area contributed by atoms with Crippen LogP contribution in [-0.2, 0) is 0 Å². The summed E-state index contributed by atoms with van der Waals surface area (Å²) in [7, 11) is 0. The number of amides is 2. The molecule has 0 spiro atoms. The molecule has 5 rings (SSSR count). The van der Waals surface area contributed by atoms with Crippen LogP contribution in [0.25, 0.3) is 6.08 Å². The maximum Gasteiger partial charge on any atom is 0.253 e. The Kier molecular flexibility index (Phi) is 5.63. The zero-order valence-electron chi connectivity index (χ0n) is 18.3. The quantitative estimate of drug-likeness (QED) is 0.605. The fourth-order valence-corrected chi connectivity index (χ4v) is 4.32. The Balaban J connectivity index is 1.26. The molecule has 0 bridgehead atoms. The van der Waals surface area contributed by atoms with Crippen LogP contribution in [0.3, 0.4) is 0 Å². The number of hydrogen-bond acceptors (Lipinski definition) is 6. The molecule has 0 unspecified atom stereocenters. The molecule has 2 aliphatic heterocycles. The van der Waals surface area contributed by atoms with Crippen LogP contribution in [0, 0.1) is 0 Å². The van der Waals surface area contributed by atoms with E-state index in [1.165, 1.54) is 6.07 Å². The number of ether oxygens (including phenoxy) is 1. The number of para-hydroxylation sites is 1. The predicted octanol–water partition coefficient (Wildman–Crippen LogP) is 3.21. The summed E-state index contributed by atoms with van der Waals surface area (Å²) in [5, 5.41) is 0. The maximum atomic E-state index is 13.0. The third kappa shape index (κ3) is 4.05. The highest BCUT2D eigenvalue weighted by Gasteiger charge is 2.31. The van der Waals surface area contributed by atoms with E-state index in [1.54, 1.807) is 60.9 Å². The second-order valence-electron chi connectivity index (χ2n) is 8.28. The Labute approximate surface area is 196 Å². The van der Waals surface area contributed by atoms with E-state index in [1.807, 2.05) is 4.90 Å². The summed E-state index contributed by atoms with van der Waals surface area (Å²) in [5.41, 5.74) is 7.13. The van der Waals surface area contributed by atoms with Gasteiger partial charge in [-0.15, -0.1) is 0 Å². The Morgan fingerprint density at radius 3 is 2.38 bits per heavy atom. The Morgan fingerprint density at radius 2 is 1.71 bits per heavy atom. The molecule has 2 N–H and O–H groups in total. The molecular weight excluding hydrogens is 432 g/mol. The van der Waals surface area contributed by atoms with Gasteiger partial charge in [-0.25, -0.2) is 9.97 Å². The van der Waals surface area contributed by atoms with Gasteiger partial charge in [0.05, 0.1) is 11.1 Å². The number of allylic oxidation sites excluding steroid dienone is 1. The van der Waals surface area contributed by atoms with Gasteiger partial charge in [0, 0.05) is 37.0 Å². The van der Waals surface area contributed by atoms with Crippen LogP contribution in [0.15, 0.2) is 66.7 Å². The van der Waals surface area contributed by atoms with Crippen LogP contribution >= 0.6 is 0 Å². The van der Waals surface area contributed by atoms with Crippen molar-refractivity contribution in [3.63, 3.8) is 0 Å². The van der Waals surface area contributed by atoms with Crippen molar-refractivity contribution in [3.8, 4) is 5.75 Å². The highest BCUT2D eigenvalue weighted by Crippen LogP contribution is 2.35. The van der Waals surface area contributed by atoms with Crippen molar-refractivity contribution in [2.45, 2.75) is 18.8 Å². The summed E-state index contributed by atoms with van der Waals surface area (Å²) < 4.78 is 5.66. The minimum Gasteiger partial charge on any atom is -0.452 e. The number of likely N-dealkylation sites (tertiary alicyclic amines) is 1. The molecule has 3 heterocycles. The number of fused-ring (bicyclic) bond motifs is 1. The molecule has 0 atom stereocenters. The average molecular weight is 454 g/mol. The van der Waals surface area contributed by atoms with Gasteiger partial charge in [0.1, 0.15) is 5.82 Å². The lowest BCUT2D eigenvalue weighted by molar-refractivity contribution is 0.0710. The third-order valence-electron chi connectivity index (χ3n) is 6.15. The number of benzene rings is 2. The van der Waals surface area contributed by atoms with E-state index in [-0.39, 0.29) is 34.7 Å². The van der Waals surface area contributed by atoms with Crippen LogP contribution in [0.2, 0.25) is 0 Å². The van der Waals surface area contributed by atoms with Gasteiger partial charge < -0.3 is 15.4 Å². The second kappa shape index (κ2) is 8.90. The summed E-state index contributed by atoms with van der Waals surface area (Å²) in [4.78, 5) is 47.8. The highest BCUT2D eigenvalue weighted by molar-refractivity contribution is 6.16. The van der Waals surface area contributed by atoms with Crippen molar-refractivity contribution >= 4 is 23.7 Å². The minimum absolute atomic E-state index is 0.0293. The molecule has 2 amide bonds. The zero-order chi connectivity index (χ0) is 23.7. The number of nitrogens with two attached hydrogens (primary N) is 1. The molecule has 34 heavy (non-hydrogen) atoms. The largest absolute Gasteiger partial charge is 0.452 e. The Morgan fingerprint density at radius 1 is 1.00 bits per heavy atom. The second-order valence-corrected chi connectivity index (χ2v) is 8.28. The van der Waals surface area contributed by atoms with Crippen LogP contribution in [0.1, 0.15) is 61.2 Å². The van der Waals surface area contributed by atoms with E-state index in [9.17, 15) is 14.4 Å². The fraction of sp³-hybridized carbons (Fsp3) is 0.192. The summed E-state index contributed by atoms with van der Waals surface area (Å²) >= 11 is 0. The molecule has 2 aromatic carbocycles. The number of carbonyl (C=O) groups excluding carboxylic acids is 3. The van der Waals surface area contributed by atoms with Crippen molar-refractivity contribution in [1.82, 2.24) is 14.9 Å². The molecule has 1 fully saturated rings. The normalized spacial score (nSPS) is 16.9. The Hall–Kier alpha value is -4.33. The van der Waals surface area contributed by atoms with Crippen LogP contribution < -0.4 is 10.5 Å². The van der Waals surface area contributed by atoms with Crippen molar-refractivity contribution < 1.29 is 19.1 Å². The minimum atomic E-state index is -0.658. The molecule has 0 aliphatic carbocycles. The number of nitrogens with zero attached hydrogens (tertiary/aromatic N) is 3. The lowest BCUT2D eigenvalue weighted by Gasteiger charge is -2.31. The summed E-state index contributed by atoms with van der Waals surface area (Å²) in [5.74, 6) is 0.384. The van der Waals surface area contributed by atoms with Gasteiger partial charge in [0.2, 0.25) is 5.78 Å². The first-order valence-corrected chi connectivity index (χ1v) is 11.0. The number of rotatable bonds is 4. The summed E-state index contributed by atoms with van der Waals surface area (Å²) in [6, 6.07) is 13.5. The van der Waals surface area contributed by atoms with Gasteiger partial charge in [0.25, 0.3) is 11.8 Å². The Bertz CT molecular complexity index is 1290. The van der Waals surface area contributed by atoms with E-state index < -0.39 is 5.91 Å². The summed E-state index contributed by atoms with van der Waals surface area (Å²) in [6.45, 7) is 1.30. The van der Waals surface area contributed by atoms with Gasteiger partial charge in [-0.3, -0.25) is 14.4 Å². The van der Waals surface area contributed by atoms with Gasteiger partial charge in [0.15, 0.2) is 11.5 Å². The third-order valence-corrected chi connectivity index (χ3v) is 6.15. The van der Waals surface area contributed by atoms with Crippen molar-refractivity contribution in [1.29, 1.82) is 0 Å². The average Bonchev–Trinajstić information content (AvgIpc) is 3.19. The van der Waals surface area contributed by atoms with E-state index >= 15 is 0 Å². The van der Waals surface area contributed by atoms with Gasteiger partial charge >= 0.3 is 0 Å². The summed E-state index contributed by atoms with van der Waals surface area (Å²) in [6.07, 6.45) is 6.74. The fourth-order valence-electron chi connectivity index (χ4n) is 4.32. The highest BCUT2D eigenvalue weighted by atomic mass is 16.5. The number of piperidine rings is 1. The van der Waals surface area contributed by atoms with E-state index in [0.717, 1.165) is 18.7 Å². The number of aromatic nitrogens is 2. The topological polar surface area (TPSA) is 115 Å². The van der Waals surface area contributed by atoms with Gasteiger partial charge in [-0.1, -0.05) is 18.2 Å². The maximum absolute atomic E-state index is 13.0. The molecule has 8 nitrogen and oxygen atoms in total. The predicted molar refractivity (Wildman–Crippen MR) is 124 cm³/mol. The molecule has 1 saturated heterocycles. The first-order chi connectivity index (χ1) is 16.5. The molecular formula is C26H22N4O4. The number of hydrogen-bond donors (Lipinski definition) is 1. The van der Waals surface area contributed by atoms with Crippen molar-refractivity contribution in [2.75, 3.05) is 13.1 Å². The van der Waals surface area contributed by atoms with E-state index in [0.29, 0.717) is 29.8 Å². The number of primary amides is 1. The lowest BCUT2D eigenvalue weighted by Crippen LogP contribution is -2.38. The van der Waals surface area contributed by atoms with Crippen LogP contribution in [-0.4, -0.2) is 45.6 Å². The van der Waals surface area contributed by atoms with Gasteiger partial charge in [-0.05, 0) is 54.8 Å². The number of ketones is 1. The molecule has 1 aromatic heterocycles. The molecule has 2 aliphatic rings. The first-order valence-electron chi connectivity index (χ1n) is 11.0. The SMILES string of the molecule is NC(=O)c1cccc2c1O/C(=C\c1ccc(C(=O)N3CCC(c4ncccn4)CC3)cc1)C2=O. The van der Waals surface area contributed by atoms with Crippen LogP contribution in [0.5, 0.6) is 5.75 Å². The lowest BCUT2D eigenvalue weighted by atomic mass is 9.95. The zero-order valence-corrected chi connectivity index (χ0v) is 18.3. The molecule has 8 heteroatoms.